The van der Waals surface area contributed by atoms with Gasteiger partial charge in [0.15, 0.2) is 0 Å². The van der Waals surface area contributed by atoms with Crippen molar-refractivity contribution in [2.75, 3.05) is 26.7 Å². The summed E-state index contributed by atoms with van der Waals surface area (Å²) in [6.45, 7) is 10.1. The summed E-state index contributed by atoms with van der Waals surface area (Å²) in [7, 11) is 2.13. The van der Waals surface area contributed by atoms with Crippen LogP contribution in [0.2, 0.25) is 0 Å². The molecule has 1 heterocycles. The summed E-state index contributed by atoms with van der Waals surface area (Å²) in [6, 6.07) is 2.17. The molecule has 0 bridgehead atoms. The van der Waals surface area contributed by atoms with Gasteiger partial charge in [0, 0.05) is 19.6 Å². The fourth-order valence-electron chi connectivity index (χ4n) is 1.49. The van der Waals surface area contributed by atoms with E-state index in [1.807, 2.05) is 0 Å². The first-order valence-electron chi connectivity index (χ1n) is 5.29. The zero-order valence-electron chi connectivity index (χ0n) is 9.62. The molecule has 84 valence electrons. The molecule has 0 aliphatic carbocycles. The average Bonchev–Trinajstić information content (AvgIpc) is 2.67. The summed E-state index contributed by atoms with van der Waals surface area (Å²) in [5.74, 6) is 0. The smallest absolute Gasteiger partial charge is 0.0242 e. The highest BCUT2D eigenvalue weighted by Crippen LogP contribution is 2.08. The Bertz CT molecular complexity index is 280. The number of hydrogen-bond acceptors (Lipinski definition) is 3. The predicted molar refractivity (Wildman–Crippen MR) is 68.3 cm³/mol. The lowest BCUT2D eigenvalue weighted by Gasteiger charge is -2.17. The molecule has 1 N–H and O–H groups in total. The van der Waals surface area contributed by atoms with Gasteiger partial charge in [-0.2, -0.15) is 11.3 Å². The van der Waals surface area contributed by atoms with Crippen LogP contribution in [0.3, 0.4) is 0 Å². The molecule has 0 aliphatic heterocycles. The monoisotopic (exact) mass is 224 g/mol. The highest BCUT2D eigenvalue weighted by molar-refractivity contribution is 7.07. The van der Waals surface area contributed by atoms with Crippen molar-refractivity contribution in [2.24, 2.45) is 0 Å². The van der Waals surface area contributed by atoms with Crippen molar-refractivity contribution >= 4 is 11.3 Å². The van der Waals surface area contributed by atoms with Crippen molar-refractivity contribution in [1.82, 2.24) is 10.2 Å². The first-order valence-corrected chi connectivity index (χ1v) is 6.23. The van der Waals surface area contributed by atoms with Crippen LogP contribution in [0.5, 0.6) is 0 Å². The van der Waals surface area contributed by atoms with Gasteiger partial charge in [0.05, 0.1) is 0 Å². The maximum atomic E-state index is 4.06. The molecule has 0 amide bonds. The summed E-state index contributed by atoms with van der Waals surface area (Å²) in [4.78, 5) is 2.29. The lowest BCUT2D eigenvalue weighted by Crippen LogP contribution is -2.25. The van der Waals surface area contributed by atoms with E-state index >= 15 is 0 Å². The fraction of sp³-hybridized carbons (Fsp3) is 0.500. The number of nitrogens with zero attached hydrogens (tertiary/aromatic N) is 1. The molecule has 1 aromatic heterocycles. The van der Waals surface area contributed by atoms with Crippen LogP contribution < -0.4 is 5.32 Å². The van der Waals surface area contributed by atoms with E-state index in [9.17, 15) is 0 Å². The van der Waals surface area contributed by atoms with Gasteiger partial charge in [-0.05, 0) is 41.6 Å². The van der Waals surface area contributed by atoms with Crippen LogP contribution in [-0.4, -0.2) is 31.6 Å². The third-order valence-electron chi connectivity index (χ3n) is 2.15. The second-order valence-corrected chi connectivity index (χ2v) is 4.61. The standard InChI is InChI=1S/C12H20N2S/c1-4-13-7-11(2)8-14(3)9-12-5-6-15-10-12/h5-6,10,13H,2,4,7-9H2,1,3H3. The van der Waals surface area contributed by atoms with Crippen molar-refractivity contribution < 1.29 is 0 Å². The minimum absolute atomic E-state index is 0.921. The Kier molecular flexibility index (Phi) is 5.61. The Morgan fingerprint density at radius 2 is 2.40 bits per heavy atom. The third-order valence-corrected chi connectivity index (χ3v) is 2.88. The van der Waals surface area contributed by atoms with Gasteiger partial charge >= 0.3 is 0 Å². The number of likely N-dealkylation sites (N-methyl/N-ethyl adjacent to an activating group) is 2. The first kappa shape index (κ1) is 12.4. The molecule has 0 fully saturated rings. The van der Waals surface area contributed by atoms with Gasteiger partial charge in [-0.1, -0.05) is 13.5 Å². The Morgan fingerprint density at radius 3 is 3.00 bits per heavy atom. The Labute approximate surface area is 96.6 Å². The topological polar surface area (TPSA) is 15.3 Å². The molecule has 1 rings (SSSR count). The van der Waals surface area contributed by atoms with E-state index in [1.54, 1.807) is 11.3 Å². The molecule has 0 aromatic carbocycles. The maximum Gasteiger partial charge on any atom is 0.0242 e. The van der Waals surface area contributed by atoms with Crippen LogP contribution in [0, 0.1) is 0 Å². The summed E-state index contributed by atoms with van der Waals surface area (Å²) in [5, 5.41) is 7.61. The summed E-state index contributed by atoms with van der Waals surface area (Å²) in [6.07, 6.45) is 0. The van der Waals surface area contributed by atoms with Gasteiger partial charge in [-0.15, -0.1) is 0 Å². The largest absolute Gasteiger partial charge is 0.313 e. The van der Waals surface area contributed by atoms with Crippen molar-refractivity contribution in [2.45, 2.75) is 13.5 Å². The molecule has 0 radical (unpaired) electrons. The van der Waals surface area contributed by atoms with E-state index in [-0.39, 0.29) is 0 Å². The molecule has 0 aliphatic rings. The Morgan fingerprint density at radius 1 is 1.60 bits per heavy atom. The van der Waals surface area contributed by atoms with Crippen LogP contribution in [0.4, 0.5) is 0 Å². The van der Waals surface area contributed by atoms with Crippen molar-refractivity contribution in [3.8, 4) is 0 Å². The Hall–Kier alpha value is -0.640. The zero-order valence-corrected chi connectivity index (χ0v) is 10.4. The average molecular weight is 224 g/mol. The quantitative estimate of drug-likeness (QED) is 0.715. The van der Waals surface area contributed by atoms with Crippen LogP contribution >= 0.6 is 11.3 Å². The lowest BCUT2D eigenvalue weighted by molar-refractivity contribution is 0.353. The Balaban J connectivity index is 2.23. The van der Waals surface area contributed by atoms with Crippen molar-refractivity contribution in [1.29, 1.82) is 0 Å². The highest BCUT2D eigenvalue weighted by Gasteiger charge is 2.02. The van der Waals surface area contributed by atoms with Crippen LogP contribution in [0.25, 0.3) is 0 Å². The van der Waals surface area contributed by atoms with E-state index in [0.717, 1.165) is 26.2 Å². The molecular weight excluding hydrogens is 204 g/mol. The fourth-order valence-corrected chi connectivity index (χ4v) is 2.15. The van der Waals surface area contributed by atoms with E-state index in [2.05, 4.69) is 47.6 Å². The van der Waals surface area contributed by atoms with Crippen LogP contribution in [0.15, 0.2) is 29.0 Å². The van der Waals surface area contributed by atoms with Gasteiger partial charge in [0.25, 0.3) is 0 Å². The van der Waals surface area contributed by atoms with Gasteiger partial charge < -0.3 is 5.32 Å². The third kappa shape index (κ3) is 5.11. The van der Waals surface area contributed by atoms with Gasteiger partial charge in [0.1, 0.15) is 0 Å². The SMILES string of the molecule is C=C(CNCC)CN(C)Cc1ccsc1. The second-order valence-electron chi connectivity index (χ2n) is 3.83. The molecule has 2 nitrogen and oxygen atoms in total. The lowest BCUT2D eigenvalue weighted by atomic mass is 10.2. The zero-order chi connectivity index (χ0) is 11.1. The van der Waals surface area contributed by atoms with E-state index in [4.69, 9.17) is 0 Å². The molecular formula is C12H20N2S. The molecule has 3 heteroatoms. The van der Waals surface area contributed by atoms with Crippen molar-refractivity contribution in [3.63, 3.8) is 0 Å². The molecule has 0 spiro atoms. The van der Waals surface area contributed by atoms with Gasteiger partial charge in [-0.3, -0.25) is 4.90 Å². The summed E-state index contributed by atoms with van der Waals surface area (Å²) >= 11 is 1.75. The second kappa shape index (κ2) is 6.77. The number of nitrogens with one attached hydrogen (secondary N) is 1. The molecule has 0 atom stereocenters. The van der Waals surface area contributed by atoms with Gasteiger partial charge in [-0.25, -0.2) is 0 Å². The molecule has 15 heavy (non-hydrogen) atoms. The molecule has 0 unspecified atom stereocenters. The number of rotatable bonds is 7. The molecule has 0 saturated heterocycles. The van der Waals surface area contributed by atoms with Gasteiger partial charge in [0.2, 0.25) is 0 Å². The molecule has 1 aromatic rings. The summed E-state index contributed by atoms with van der Waals surface area (Å²) < 4.78 is 0. The molecule has 0 saturated carbocycles. The summed E-state index contributed by atoms with van der Waals surface area (Å²) in [5.41, 5.74) is 2.63. The number of thiophene rings is 1. The van der Waals surface area contributed by atoms with E-state index < -0.39 is 0 Å². The van der Waals surface area contributed by atoms with Crippen LogP contribution in [-0.2, 0) is 6.54 Å². The highest BCUT2D eigenvalue weighted by atomic mass is 32.1. The first-order chi connectivity index (χ1) is 7.22. The normalized spacial score (nSPS) is 10.9. The maximum absolute atomic E-state index is 4.06. The van der Waals surface area contributed by atoms with E-state index in [0.29, 0.717) is 0 Å². The number of hydrogen-bond donors (Lipinski definition) is 1. The minimum Gasteiger partial charge on any atom is -0.313 e. The minimum atomic E-state index is 0.921. The van der Waals surface area contributed by atoms with Crippen molar-refractivity contribution in [3.05, 3.63) is 34.5 Å². The van der Waals surface area contributed by atoms with E-state index in [1.165, 1.54) is 11.1 Å². The predicted octanol–water partition coefficient (Wildman–Crippen LogP) is 2.35. The van der Waals surface area contributed by atoms with Crippen LogP contribution in [0.1, 0.15) is 12.5 Å².